The van der Waals surface area contributed by atoms with Crippen molar-refractivity contribution in [1.82, 2.24) is 10.6 Å². The molecule has 2 aliphatic rings. The van der Waals surface area contributed by atoms with Crippen LogP contribution in [0.25, 0.3) is 0 Å². The van der Waals surface area contributed by atoms with Crippen molar-refractivity contribution in [2.24, 2.45) is 16.6 Å². The van der Waals surface area contributed by atoms with Crippen LogP contribution in [-0.2, 0) is 14.6 Å². The van der Waals surface area contributed by atoms with Gasteiger partial charge >= 0.3 is 0 Å². The monoisotopic (exact) mass is 445 g/mol. The highest BCUT2D eigenvalue weighted by atomic mass is 32.2. The minimum atomic E-state index is -3.37. The Morgan fingerprint density at radius 1 is 1.35 bits per heavy atom. The standard InChI is InChI=1S/C22H31N5O3S/c1-4-18-14(2)8-9-19(20(23)28)22(27-21(18)26-16-10-11-24-13-16)25-15-6-5-7-17(12-15)31(3,29)30/h5-7,9,12,14,16,24,26H,4,8,10-11,13H2,1-3H3,(H2,23,28)(H,25,27)/b19-9+,21-18-/t14?,16-/m1/s1. The fourth-order valence-corrected chi connectivity index (χ4v) is 4.54. The zero-order valence-corrected chi connectivity index (χ0v) is 19.1. The van der Waals surface area contributed by atoms with E-state index in [0.29, 0.717) is 17.9 Å². The molecule has 0 aliphatic carbocycles. The van der Waals surface area contributed by atoms with E-state index >= 15 is 0 Å². The molecule has 1 aromatic carbocycles. The first-order valence-electron chi connectivity index (χ1n) is 10.6. The van der Waals surface area contributed by atoms with E-state index < -0.39 is 15.7 Å². The lowest BCUT2D eigenvalue weighted by Gasteiger charge is -2.24. The number of nitrogens with zero attached hydrogens (tertiary/aromatic N) is 1. The van der Waals surface area contributed by atoms with Gasteiger partial charge in [-0.2, -0.15) is 0 Å². The summed E-state index contributed by atoms with van der Waals surface area (Å²) < 4.78 is 23.9. The summed E-state index contributed by atoms with van der Waals surface area (Å²) >= 11 is 0. The van der Waals surface area contributed by atoms with Crippen molar-refractivity contribution in [3.63, 3.8) is 0 Å². The number of aliphatic imine (C=N–C) groups is 1. The molecule has 0 saturated carbocycles. The fourth-order valence-electron chi connectivity index (χ4n) is 3.88. The van der Waals surface area contributed by atoms with Crippen LogP contribution in [0.4, 0.5) is 5.69 Å². The second-order valence-corrected chi connectivity index (χ2v) is 10.1. The Morgan fingerprint density at radius 2 is 2.13 bits per heavy atom. The largest absolute Gasteiger partial charge is 0.366 e. The highest BCUT2D eigenvalue weighted by Gasteiger charge is 2.24. The Kier molecular flexibility index (Phi) is 7.17. The molecule has 0 spiro atoms. The Morgan fingerprint density at radius 3 is 2.74 bits per heavy atom. The number of hydrogen-bond acceptors (Lipinski definition) is 7. The molecule has 3 rings (SSSR count). The zero-order valence-electron chi connectivity index (χ0n) is 18.2. The molecule has 2 heterocycles. The fraction of sp³-hybridized carbons (Fsp3) is 0.455. The van der Waals surface area contributed by atoms with Crippen LogP contribution >= 0.6 is 0 Å². The average molecular weight is 446 g/mol. The summed E-state index contributed by atoms with van der Waals surface area (Å²) in [5, 5.41) is 10.0. The maximum atomic E-state index is 12.2. The molecule has 0 bridgehead atoms. The van der Waals surface area contributed by atoms with Crippen molar-refractivity contribution in [1.29, 1.82) is 0 Å². The summed E-state index contributed by atoms with van der Waals surface area (Å²) in [6.45, 7) is 6.01. The molecule has 168 valence electrons. The topological polar surface area (TPSA) is 126 Å². The molecular weight excluding hydrogens is 414 g/mol. The van der Waals surface area contributed by atoms with E-state index in [0.717, 1.165) is 38.0 Å². The molecule has 1 fully saturated rings. The number of amides is 1. The molecule has 0 aromatic heterocycles. The Bertz CT molecular complexity index is 1040. The van der Waals surface area contributed by atoms with Crippen LogP contribution in [0.5, 0.6) is 0 Å². The van der Waals surface area contributed by atoms with Gasteiger partial charge in [-0.3, -0.25) is 4.79 Å². The van der Waals surface area contributed by atoms with Crippen LogP contribution in [0.3, 0.4) is 0 Å². The lowest BCUT2D eigenvalue weighted by Crippen LogP contribution is -2.34. The summed E-state index contributed by atoms with van der Waals surface area (Å²) in [5.74, 6) is 0.677. The molecular formula is C22H31N5O3S. The predicted molar refractivity (Wildman–Crippen MR) is 123 cm³/mol. The number of amidine groups is 1. The van der Waals surface area contributed by atoms with Crippen molar-refractivity contribution >= 4 is 27.3 Å². The van der Waals surface area contributed by atoms with E-state index in [1.54, 1.807) is 12.1 Å². The van der Waals surface area contributed by atoms with Gasteiger partial charge in [0.25, 0.3) is 5.91 Å². The number of carbonyl (C=O) groups excluding carboxylic acids is 1. The highest BCUT2D eigenvalue weighted by Crippen LogP contribution is 2.27. The van der Waals surface area contributed by atoms with Crippen LogP contribution in [0, 0.1) is 5.92 Å². The molecule has 1 saturated heterocycles. The third-order valence-electron chi connectivity index (χ3n) is 5.63. The first kappa shape index (κ1) is 23.0. The SMILES string of the molecule is CC/C1=C(N[C@@H]2CCNC2)/N=C(Nc2cccc(S(C)(=O)=O)c2)/C(C(N)=O)=C/CC1C. The molecule has 1 aromatic rings. The molecule has 1 amide bonds. The number of benzene rings is 1. The molecule has 2 aliphatic heterocycles. The van der Waals surface area contributed by atoms with Gasteiger partial charge in [0.2, 0.25) is 0 Å². The Hall–Kier alpha value is -2.65. The predicted octanol–water partition coefficient (Wildman–Crippen LogP) is 1.93. The lowest BCUT2D eigenvalue weighted by atomic mass is 9.92. The minimum absolute atomic E-state index is 0.183. The Balaban J connectivity index is 2.06. The van der Waals surface area contributed by atoms with E-state index in [1.165, 1.54) is 17.7 Å². The zero-order chi connectivity index (χ0) is 22.6. The number of sulfone groups is 1. The van der Waals surface area contributed by atoms with Crippen molar-refractivity contribution in [3.8, 4) is 0 Å². The first-order valence-corrected chi connectivity index (χ1v) is 12.4. The van der Waals surface area contributed by atoms with Gasteiger partial charge < -0.3 is 21.7 Å². The van der Waals surface area contributed by atoms with Crippen molar-refractivity contribution in [2.45, 2.75) is 44.0 Å². The summed E-state index contributed by atoms with van der Waals surface area (Å²) in [6, 6.07) is 6.69. The number of anilines is 1. The number of carbonyl (C=O) groups is 1. The van der Waals surface area contributed by atoms with Crippen molar-refractivity contribution in [3.05, 3.63) is 47.3 Å². The van der Waals surface area contributed by atoms with E-state index in [9.17, 15) is 13.2 Å². The molecule has 9 heteroatoms. The van der Waals surface area contributed by atoms with E-state index in [2.05, 4.69) is 29.8 Å². The number of nitrogens with one attached hydrogen (secondary N) is 3. The van der Waals surface area contributed by atoms with Gasteiger partial charge in [-0.25, -0.2) is 13.4 Å². The molecule has 8 nitrogen and oxygen atoms in total. The van der Waals surface area contributed by atoms with Gasteiger partial charge in [0.05, 0.1) is 10.5 Å². The van der Waals surface area contributed by atoms with Crippen LogP contribution in [0.2, 0.25) is 0 Å². The highest BCUT2D eigenvalue weighted by molar-refractivity contribution is 7.90. The van der Waals surface area contributed by atoms with Gasteiger partial charge in [0, 0.05) is 24.5 Å². The quantitative estimate of drug-likeness (QED) is 0.530. The van der Waals surface area contributed by atoms with Crippen LogP contribution in [0.1, 0.15) is 33.1 Å². The lowest BCUT2D eigenvalue weighted by molar-refractivity contribution is -0.114. The van der Waals surface area contributed by atoms with E-state index in [1.807, 2.05) is 6.08 Å². The van der Waals surface area contributed by atoms with Gasteiger partial charge in [0.15, 0.2) is 9.84 Å². The normalized spacial score (nSPS) is 28.0. The van der Waals surface area contributed by atoms with Crippen molar-refractivity contribution < 1.29 is 13.2 Å². The number of allylic oxidation sites excluding steroid dienone is 2. The van der Waals surface area contributed by atoms with Crippen molar-refractivity contribution in [2.75, 3.05) is 24.7 Å². The van der Waals surface area contributed by atoms with E-state index in [4.69, 9.17) is 10.7 Å². The smallest absolute Gasteiger partial charge is 0.252 e. The summed E-state index contributed by atoms with van der Waals surface area (Å²) in [4.78, 5) is 17.2. The maximum Gasteiger partial charge on any atom is 0.252 e. The van der Waals surface area contributed by atoms with Crippen LogP contribution < -0.4 is 21.7 Å². The van der Waals surface area contributed by atoms with E-state index in [-0.39, 0.29) is 22.4 Å². The summed E-state index contributed by atoms with van der Waals surface area (Å²) in [5.41, 5.74) is 7.66. The molecule has 2 atom stereocenters. The average Bonchev–Trinajstić information content (AvgIpc) is 3.20. The molecule has 31 heavy (non-hydrogen) atoms. The van der Waals surface area contributed by atoms with Gasteiger partial charge in [-0.05, 0) is 55.5 Å². The number of nitrogens with two attached hydrogens (primary N) is 1. The number of primary amides is 1. The van der Waals surface area contributed by atoms with Crippen LogP contribution in [-0.4, -0.2) is 45.5 Å². The maximum absolute atomic E-state index is 12.2. The third kappa shape index (κ3) is 5.74. The van der Waals surface area contributed by atoms with Gasteiger partial charge in [-0.1, -0.05) is 26.0 Å². The second-order valence-electron chi connectivity index (χ2n) is 8.07. The molecule has 0 radical (unpaired) electrons. The summed E-state index contributed by atoms with van der Waals surface area (Å²) in [6.07, 6.45) is 5.43. The third-order valence-corrected chi connectivity index (χ3v) is 6.74. The number of hydrogen-bond donors (Lipinski definition) is 4. The Labute approximate surface area is 184 Å². The van der Waals surface area contributed by atoms with Gasteiger partial charge in [-0.15, -0.1) is 0 Å². The van der Waals surface area contributed by atoms with Gasteiger partial charge in [0.1, 0.15) is 11.7 Å². The second kappa shape index (κ2) is 9.65. The molecule has 1 unspecified atom stereocenters. The summed E-state index contributed by atoms with van der Waals surface area (Å²) in [7, 11) is -3.37. The van der Waals surface area contributed by atoms with Crippen LogP contribution in [0.15, 0.2) is 57.2 Å². The molecule has 5 N–H and O–H groups in total. The minimum Gasteiger partial charge on any atom is -0.366 e. The number of rotatable bonds is 6. The first-order chi connectivity index (χ1) is 14.7.